The van der Waals surface area contributed by atoms with E-state index in [0.29, 0.717) is 35.2 Å². The number of carbonyl (C=O) groups excluding carboxylic acids is 1. The number of benzene rings is 3. The summed E-state index contributed by atoms with van der Waals surface area (Å²) in [5.41, 5.74) is 2.69. The third kappa shape index (κ3) is 3.94. The van der Waals surface area contributed by atoms with Gasteiger partial charge < -0.3 is 23.8 Å². The number of hydrogen-bond donors (Lipinski definition) is 0. The molecular weight excluding hydrogens is 430 g/mol. The molecule has 0 radical (unpaired) electrons. The second-order valence-electron chi connectivity index (χ2n) is 7.67. The first-order chi connectivity index (χ1) is 15.6. The SMILES string of the molecule is COc1ccc(OCC2c3cc4c(cc3CCN2C(=O)c2cccc(Cl)c2)OCO4)cc1. The predicted octanol–water partition coefficient (Wildman–Crippen LogP) is 4.90. The minimum atomic E-state index is -0.290. The van der Waals surface area contributed by atoms with Gasteiger partial charge in [-0.3, -0.25) is 4.79 Å². The summed E-state index contributed by atoms with van der Waals surface area (Å²) < 4.78 is 22.5. The highest BCUT2D eigenvalue weighted by atomic mass is 35.5. The van der Waals surface area contributed by atoms with Crippen molar-refractivity contribution in [3.63, 3.8) is 0 Å². The van der Waals surface area contributed by atoms with Crippen LogP contribution in [0.4, 0.5) is 0 Å². The molecule has 0 saturated heterocycles. The molecule has 164 valence electrons. The fourth-order valence-corrected chi connectivity index (χ4v) is 4.34. The fourth-order valence-electron chi connectivity index (χ4n) is 4.15. The van der Waals surface area contributed by atoms with Crippen LogP contribution in [0.1, 0.15) is 27.5 Å². The normalized spacial score (nSPS) is 16.4. The molecule has 3 aromatic carbocycles. The van der Waals surface area contributed by atoms with E-state index in [1.54, 1.807) is 31.4 Å². The van der Waals surface area contributed by atoms with E-state index in [1.165, 1.54) is 0 Å². The number of nitrogens with zero attached hydrogens (tertiary/aromatic N) is 1. The molecule has 2 aliphatic heterocycles. The molecule has 0 spiro atoms. The smallest absolute Gasteiger partial charge is 0.254 e. The fraction of sp³-hybridized carbons (Fsp3) is 0.240. The third-order valence-electron chi connectivity index (χ3n) is 5.79. The van der Waals surface area contributed by atoms with E-state index < -0.39 is 0 Å². The third-order valence-corrected chi connectivity index (χ3v) is 6.03. The van der Waals surface area contributed by atoms with Gasteiger partial charge in [-0.15, -0.1) is 0 Å². The summed E-state index contributed by atoms with van der Waals surface area (Å²) in [6, 6.07) is 18.1. The van der Waals surface area contributed by atoms with E-state index in [2.05, 4.69) is 0 Å². The summed E-state index contributed by atoms with van der Waals surface area (Å²) in [6.07, 6.45) is 0.720. The molecule has 1 amide bonds. The monoisotopic (exact) mass is 451 g/mol. The lowest BCUT2D eigenvalue weighted by molar-refractivity contribution is 0.0589. The predicted molar refractivity (Wildman–Crippen MR) is 120 cm³/mol. The highest BCUT2D eigenvalue weighted by molar-refractivity contribution is 6.30. The Bertz CT molecular complexity index is 1150. The maximum absolute atomic E-state index is 13.4. The number of methoxy groups -OCH3 is 1. The van der Waals surface area contributed by atoms with Crippen LogP contribution in [0, 0.1) is 0 Å². The van der Waals surface area contributed by atoms with Gasteiger partial charge in [-0.25, -0.2) is 0 Å². The first-order valence-electron chi connectivity index (χ1n) is 10.4. The number of carbonyl (C=O) groups is 1. The number of hydrogen-bond acceptors (Lipinski definition) is 5. The molecule has 32 heavy (non-hydrogen) atoms. The Morgan fingerprint density at radius 3 is 2.56 bits per heavy atom. The summed E-state index contributed by atoms with van der Waals surface area (Å²) in [6.45, 7) is 1.07. The van der Waals surface area contributed by atoms with E-state index in [-0.39, 0.29) is 18.7 Å². The van der Waals surface area contributed by atoms with Crippen LogP contribution in [0.3, 0.4) is 0 Å². The minimum Gasteiger partial charge on any atom is -0.497 e. The molecule has 5 rings (SSSR count). The summed E-state index contributed by atoms with van der Waals surface area (Å²) in [7, 11) is 1.62. The van der Waals surface area contributed by atoms with Crippen LogP contribution in [-0.4, -0.2) is 37.9 Å². The van der Waals surface area contributed by atoms with Crippen molar-refractivity contribution >= 4 is 17.5 Å². The van der Waals surface area contributed by atoms with Crippen molar-refractivity contribution in [2.45, 2.75) is 12.5 Å². The Kier molecular flexibility index (Phi) is 5.53. The zero-order valence-corrected chi connectivity index (χ0v) is 18.3. The molecule has 0 fully saturated rings. The van der Waals surface area contributed by atoms with Gasteiger partial charge in [0.05, 0.1) is 13.2 Å². The van der Waals surface area contributed by atoms with E-state index in [0.717, 1.165) is 29.0 Å². The van der Waals surface area contributed by atoms with Gasteiger partial charge in [0.2, 0.25) is 6.79 Å². The van der Waals surface area contributed by atoms with Crippen molar-refractivity contribution in [1.82, 2.24) is 4.90 Å². The van der Waals surface area contributed by atoms with Crippen molar-refractivity contribution in [3.05, 3.63) is 82.4 Å². The maximum Gasteiger partial charge on any atom is 0.254 e. The topological polar surface area (TPSA) is 57.2 Å². The highest BCUT2D eigenvalue weighted by Crippen LogP contribution is 2.41. The van der Waals surface area contributed by atoms with Crippen molar-refractivity contribution in [2.24, 2.45) is 0 Å². The molecular formula is C25H22ClNO5. The van der Waals surface area contributed by atoms with Gasteiger partial charge in [0.25, 0.3) is 5.91 Å². The van der Waals surface area contributed by atoms with Gasteiger partial charge in [-0.05, 0) is 72.1 Å². The van der Waals surface area contributed by atoms with Crippen LogP contribution in [0.2, 0.25) is 5.02 Å². The maximum atomic E-state index is 13.4. The van der Waals surface area contributed by atoms with Gasteiger partial charge in [0.15, 0.2) is 11.5 Å². The average Bonchev–Trinajstić information content (AvgIpc) is 3.28. The number of rotatable bonds is 5. The minimum absolute atomic E-state index is 0.0841. The van der Waals surface area contributed by atoms with Crippen LogP contribution >= 0.6 is 11.6 Å². The summed E-state index contributed by atoms with van der Waals surface area (Å²) in [4.78, 5) is 15.3. The van der Waals surface area contributed by atoms with Gasteiger partial charge in [0.1, 0.15) is 18.1 Å². The van der Waals surface area contributed by atoms with Crippen LogP contribution in [0.25, 0.3) is 0 Å². The number of amides is 1. The Balaban J connectivity index is 1.47. The molecule has 1 atom stereocenters. The zero-order chi connectivity index (χ0) is 22.1. The molecule has 0 N–H and O–H groups in total. The molecule has 0 aliphatic carbocycles. The highest BCUT2D eigenvalue weighted by Gasteiger charge is 2.34. The Labute approximate surface area is 191 Å². The number of halogens is 1. The first-order valence-corrected chi connectivity index (χ1v) is 10.8. The van der Waals surface area contributed by atoms with Crippen molar-refractivity contribution in [3.8, 4) is 23.0 Å². The van der Waals surface area contributed by atoms with E-state index in [4.69, 9.17) is 30.5 Å². The molecule has 6 nitrogen and oxygen atoms in total. The summed E-state index contributed by atoms with van der Waals surface area (Å²) in [5.74, 6) is 2.81. The van der Waals surface area contributed by atoms with Crippen LogP contribution in [0.15, 0.2) is 60.7 Å². The molecule has 2 heterocycles. The average molecular weight is 452 g/mol. The number of ether oxygens (including phenoxy) is 4. The lowest BCUT2D eigenvalue weighted by atomic mass is 9.91. The number of fused-ring (bicyclic) bond motifs is 2. The second-order valence-corrected chi connectivity index (χ2v) is 8.10. The van der Waals surface area contributed by atoms with E-state index >= 15 is 0 Å². The Hall–Kier alpha value is -3.38. The van der Waals surface area contributed by atoms with Crippen molar-refractivity contribution < 1.29 is 23.7 Å². The molecule has 7 heteroatoms. The quantitative estimate of drug-likeness (QED) is 0.552. The van der Waals surface area contributed by atoms with Gasteiger partial charge in [-0.2, -0.15) is 0 Å². The first kappa shape index (κ1) is 20.5. The zero-order valence-electron chi connectivity index (χ0n) is 17.5. The molecule has 2 aliphatic rings. The van der Waals surface area contributed by atoms with E-state index in [9.17, 15) is 4.79 Å². The standard InChI is InChI=1S/C25H22ClNO5/c1-29-19-5-7-20(8-6-19)30-14-22-21-13-24-23(31-15-32-24)12-16(21)9-10-27(22)25(28)17-3-2-4-18(26)11-17/h2-8,11-13,22H,9-10,14-15H2,1H3. The van der Waals surface area contributed by atoms with Gasteiger partial charge in [-0.1, -0.05) is 17.7 Å². The van der Waals surface area contributed by atoms with Crippen molar-refractivity contribution in [2.75, 3.05) is 27.1 Å². The lowest BCUT2D eigenvalue weighted by Crippen LogP contribution is -2.42. The second kappa shape index (κ2) is 8.63. The molecule has 0 aromatic heterocycles. The molecule has 1 unspecified atom stereocenters. The lowest BCUT2D eigenvalue weighted by Gasteiger charge is -2.37. The summed E-state index contributed by atoms with van der Waals surface area (Å²) in [5, 5.41) is 0.530. The molecule has 0 bridgehead atoms. The van der Waals surface area contributed by atoms with Crippen LogP contribution < -0.4 is 18.9 Å². The van der Waals surface area contributed by atoms with E-state index in [1.807, 2.05) is 41.3 Å². The summed E-state index contributed by atoms with van der Waals surface area (Å²) >= 11 is 6.14. The molecule has 0 saturated carbocycles. The Morgan fingerprint density at radius 1 is 1.06 bits per heavy atom. The van der Waals surface area contributed by atoms with Crippen molar-refractivity contribution in [1.29, 1.82) is 0 Å². The van der Waals surface area contributed by atoms with Gasteiger partial charge in [0, 0.05) is 17.1 Å². The van der Waals surface area contributed by atoms with Crippen LogP contribution in [-0.2, 0) is 6.42 Å². The van der Waals surface area contributed by atoms with Crippen LogP contribution in [0.5, 0.6) is 23.0 Å². The van der Waals surface area contributed by atoms with Gasteiger partial charge >= 0.3 is 0 Å². The largest absolute Gasteiger partial charge is 0.497 e. The Morgan fingerprint density at radius 2 is 1.81 bits per heavy atom. The molecule has 3 aromatic rings.